The normalized spacial score (nSPS) is 11.8. The number of halogens is 1. The SMILES string of the molecule is CCCCc1ccc(S(=O)(=O)NCCCn2nc(C)c(Br)c2C)cc1. The van der Waals surface area contributed by atoms with E-state index in [0.29, 0.717) is 24.4 Å². The summed E-state index contributed by atoms with van der Waals surface area (Å²) in [5.41, 5.74) is 3.18. The van der Waals surface area contributed by atoms with Gasteiger partial charge >= 0.3 is 0 Å². The Bertz CT molecular complexity index is 798. The van der Waals surface area contributed by atoms with Crippen molar-refractivity contribution in [1.29, 1.82) is 0 Å². The molecule has 0 atom stereocenters. The van der Waals surface area contributed by atoms with Gasteiger partial charge in [0.15, 0.2) is 0 Å². The zero-order chi connectivity index (χ0) is 18.4. The second-order valence-electron chi connectivity index (χ2n) is 6.21. The van der Waals surface area contributed by atoms with Crippen molar-refractivity contribution in [3.8, 4) is 0 Å². The Hall–Kier alpha value is -1.18. The van der Waals surface area contributed by atoms with E-state index < -0.39 is 10.0 Å². The summed E-state index contributed by atoms with van der Waals surface area (Å²) in [5, 5.41) is 4.43. The van der Waals surface area contributed by atoms with Gasteiger partial charge in [0.25, 0.3) is 0 Å². The standard InChI is InChI=1S/C18H26BrN3O2S/c1-4-5-7-16-8-10-17(11-9-16)25(23,24)20-12-6-13-22-15(3)18(19)14(2)21-22/h8-11,20H,4-7,12-13H2,1-3H3. The van der Waals surface area contributed by atoms with Crippen LogP contribution in [-0.4, -0.2) is 24.7 Å². The minimum absolute atomic E-state index is 0.321. The van der Waals surface area contributed by atoms with Gasteiger partial charge < -0.3 is 0 Å². The number of benzene rings is 1. The summed E-state index contributed by atoms with van der Waals surface area (Å²) in [6.45, 7) is 7.15. The number of unbranched alkanes of at least 4 members (excludes halogenated alkanes) is 1. The van der Waals surface area contributed by atoms with Crippen molar-refractivity contribution >= 4 is 26.0 Å². The van der Waals surface area contributed by atoms with Crippen molar-refractivity contribution in [2.75, 3.05) is 6.54 Å². The Balaban J connectivity index is 1.87. The Labute approximate surface area is 159 Å². The molecule has 0 saturated carbocycles. The third kappa shape index (κ3) is 5.39. The quantitative estimate of drug-likeness (QED) is 0.615. The van der Waals surface area contributed by atoms with Crippen molar-refractivity contribution in [2.45, 2.75) is 57.9 Å². The van der Waals surface area contributed by atoms with Crippen LogP contribution in [0, 0.1) is 13.8 Å². The number of hydrogen-bond acceptors (Lipinski definition) is 3. The molecule has 0 amide bonds. The zero-order valence-electron chi connectivity index (χ0n) is 15.0. The smallest absolute Gasteiger partial charge is 0.240 e. The molecule has 0 aliphatic rings. The van der Waals surface area contributed by atoms with E-state index in [9.17, 15) is 8.42 Å². The number of aromatic nitrogens is 2. The highest BCUT2D eigenvalue weighted by molar-refractivity contribution is 9.10. The molecule has 25 heavy (non-hydrogen) atoms. The van der Waals surface area contributed by atoms with E-state index in [2.05, 4.69) is 32.7 Å². The molecule has 0 fully saturated rings. The van der Waals surface area contributed by atoms with Gasteiger partial charge in [-0.3, -0.25) is 4.68 Å². The first-order valence-corrected chi connectivity index (χ1v) is 10.9. The molecule has 5 nitrogen and oxygen atoms in total. The van der Waals surface area contributed by atoms with Gasteiger partial charge in [0, 0.05) is 18.8 Å². The topological polar surface area (TPSA) is 64.0 Å². The van der Waals surface area contributed by atoms with Crippen LogP contribution in [0.15, 0.2) is 33.6 Å². The summed E-state index contributed by atoms with van der Waals surface area (Å²) < 4.78 is 30.3. The molecule has 0 unspecified atom stereocenters. The van der Waals surface area contributed by atoms with Crippen LogP contribution in [0.25, 0.3) is 0 Å². The molecule has 1 heterocycles. The highest BCUT2D eigenvalue weighted by Crippen LogP contribution is 2.19. The van der Waals surface area contributed by atoms with Crippen LogP contribution >= 0.6 is 15.9 Å². The molecule has 2 rings (SSSR count). The van der Waals surface area contributed by atoms with E-state index >= 15 is 0 Å². The van der Waals surface area contributed by atoms with Crippen LogP contribution in [0.4, 0.5) is 0 Å². The van der Waals surface area contributed by atoms with E-state index in [1.54, 1.807) is 12.1 Å². The highest BCUT2D eigenvalue weighted by atomic mass is 79.9. The highest BCUT2D eigenvalue weighted by Gasteiger charge is 2.13. The Kier molecular flexibility index (Phi) is 7.22. The summed E-state index contributed by atoms with van der Waals surface area (Å²) in [4.78, 5) is 0.321. The molecule has 2 aromatic rings. The number of aryl methyl sites for hydroxylation is 3. The summed E-state index contributed by atoms with van der Waals surface area (Å²) in [6, 6.07) is 7.17. The minimum atomic E-state index is -3.45. The Morgan fingerprint density at radius 3 is 2.40 bits per heavy atom. The summed E-state index contributed by atoms with van der Waals surface area (Å²) in [7, 11) is -3.45. The van der Waals surface area contributed by atoms with Gasteiger partial charge in [-0.05, 0) is 66.7 Å². The van der Waals surface area contributed by atoms with E-state index in [1.807, 2.05) is 30.7 Å². The van der Waals surface area contributed by atoms with Crippen molar-refractivity contribution in [3.63, 3.8) is 0 Å². The van der Waals surface area contributed by atoms with E-state index in [1.165, 1.54) is 5.56 Å². The van der Waals surface area contributed by atoms with Gasteiger partial charge in [0.2, 0.25) is 10.0 Å². The third-order valence-electron chi connectivity index (χ3n) is 4.18. The lowest BCUT2D eigenvalue weighted by molar-refractivity contribution is 0.544. The summed E-state index contributed by atoms with van der Waals surface area (Å²) in [6.07, 6.45) is 3.92. The predicted molar refractivity (Wildman–Crippen MR) is 104 cm³/mol. The number of sulfonamides is 1. The van der Waals surface area contributed by atoms with Crippen LogP contribution in [-0.2, 0) is 23.0 Å². The molecule has 0 aliphatic carbocycles. The van der Waals surface area contributed by atoms with E-state index in [4.69, 9.17) is 0 Å². The molecule has 7 heteroatoms. The van der Waals surface area contributed by atoms with Crippen molar-refractivity contribution in [1.82, 2.24) is 14.5 Å². The monoisotopic (exact) mass is 427 g/mol. The van der Waals surface area contributed by atoms with Gasteiger partial charge in [0.05, 0.1) is 15.1 Å². The van der Waals surface area contributed by atoms with Gasteiger partial charge in [-0.1, -0.05) is 25.5 Å². The molecular formula is C18H26BrN3O2S. The molecule has 1 N–H and O–H groups in total. The first kappa shape index (κ1) is 20.1. The second kappa shape index (κ2) is 8.96. The lowest BCUT2D eigenvalue weighted by Gasteiger charge is -2.08. The third-order valence-corrected chi connectivity index (χ3v) is 6.81. The molecular weight excluding hydrogens is 402 g/mol. The molecule has 0 radical (unpaired) electrons. The van der Waals surface area contributed by atoms with Gasteiger partial charge in [-0.2, -0.15) is 5.10 Å². The summed E-state index contributed by atoms with van der Waals surface area (Å²) >= 11 is 3.50. The van der Waals surface area contributed by atoms with Gasteiger partial charge in [-0.25, -0.2) is 13.1 Å². The number of hydrogen-bond donors (Lipinski definition) is 1. The number of rotatable bonds is 9. The first-order chi connectivity index (χ1) is 11.8. The molecule has 0 spiro atoms. The zero-order valence-corrected chi connectivity index (χ0v) is 17.5. The molecule has 138 valence electrons. The first-order valence-electron chi connectivity index (χ1n) is 8.63. The van der Waals surface area contributed by atoms with Crippen LogP contribution in [0.1, 0.15) is 43.1 Å². The number of nitrogens with zero attached hydrogens (tertiary/aromatic N) is 2. The van der Waals surface area contributed by atoms with E-state index in [-0.39, 0.29) is 0 Å². The predicted octanol–water partition coefficient (Wildman–Crippen LogP) is 3.97. The van der Waals surface area contributed by atoms with Crippen molar-refractivity contribution in [2.24, 2.45) is 0 Å². The van der Waals surface area contributed by atoms with Crippen molar-refractivity contribution in [3.05, 3.63) is 45.7 Å². The number of nitrogens with one attached hydrogen (secondary N) is 1. The lowest BCUT2D eigenvalue weighted by Crippen LogP contribution is -2.25. The fourth-order valence-electron chi connectivity index (χ4n) is 2.63. The lowest BCUT2D eigenvalue weighted by atomic mass is 10.1. The van der Waals surface area contributed by atoms with E-state index in [0.717, 1.165) is 35.1 Å². The summed E-state index contributed by atoms with van der Waals surface area (Å²) in [5.74, 6) is 0. The molecule has 0 aliphatic heterocycles. The van der Waals surface area contributed by atoms with Crippen molar-refractivity contribution < 1.29 is 8.42 Å². The fourth-order valence-corrected chi connectivity index (χ4v) is 3.99. The fraction of sp³-hybridized carbons (Fsp3) is 0.500. The van der Waals surface area contributed by atoms with Crippen LogP contribution in [0.2, 0.25) is 0 Å². The minimum Gasteiger partial charge on any atom is -0.268 e. The van der Waals surface area contributed by atoms with Gasteiger partial charge in [-0.15, -0.1) is 0 Å². The molecule has 1 aromatic carbocycles. The average Bonchev–Trinajstić information content (AvgIpc) is 2.84. The average molecular weight is 428 g/mol. The van der Waals surface area contributed by atoms with Crippen LogP contribution in [0.3, 0.4) is 0 Å². The molecule has 1 aromatic heterocycles. The van der Waals surface area contributed by atoms with Crippen LogP contribution in [0.5, 0.6) is 0 Å². The maximum atomic E-state index is 12.4. The Morgan fingerprint density at radius 1 is 1.16 bits per heavy atom. The second-order valence-corrected chi connectivity index (χ2v) is 8.77. The molecule has 0 saturated heterocycles. The van der Waals surface area contributed by atoms with Crippen LogP contribution < -0.4 is 4.72 Å². The largest absolute Gasteiger partial charge is 0.268 e. The maximum Gasteiger partial charge on any atom is 0.240 e. The maximum absolute atomic E-state index is 12.4. The Morgan fingerprint density at radius 2 is 1.84 bits per heavy atom. The molecule has 0 bridgehead atoms. The van der Waals surface area contributed by atoms with Gasteiger partial charge in [0.1, 0.15) is 0 Å².